The molecule has 0 fully saturated rings. The van der Waals surface area contributed by atoms with E-state index in [-0.39, 0.29) is 5.75 Å². The van der Waals surface area contributed by atoms with Crippen molar-refractivity contribution in [3.63, 3.8) is 0 Å². The molecule has 0 unspecified atom stereocenters. The third-order valence-corrected chi connectivity index (χ3v) is 7.97. The first-order valence-corrected chi connectivity index (χ1v) is 13.8. The van der Waals surface area contributed by atoms with Gasteiger partial charge in [-0.1, -0.05) is 49.8 Å². The first-order valence-electron chi connectivity index (χ1n) is 12.2. The van der Waals surface area contributed by atoms with Crippen LogP contribution in [0.4, 0.5) is 0 Å². The summed E-state index contributed by atoms with van der Waals surface area (Å²) in [7, 11) is -1.80. The smallest absolute Gasteiger partial charge is 0.178 e. The second-order valence-electron chi connectivity index (χ2n) is 8.59. The van der Waals surface area contributed by atoms with Crippen LogP contribution in [0.3, 0.4) is 0 Å². The zero-order valence-electron chi connectivity index (χ0n) is 21.4. The molecule has 2 aromatic carbocycles. The lowest BCUT2D eigenvalue weighted by Gasteiger charge is -2.12. The monoisotopic (exact) mass is 492 g/mol. The Balaban J connectivity index is 1.94. The number of hydrogen-bond donors (Lipinski definition) is 0. The maximum Gasteiger partial charge on any atom is 0.178 e. The Labute approximate surface area is 210 Å². The number of nitrogens with zero attached hydrogens (tertiary/aromatic N) is 2. The highest BCUT2D eigenvalue weighted by molar-refractivity contribution is 7.91. The molecule has 0 atom stereocenters. The van der Waals surface area contributed by atoms with E-state index in [0.717, 1.165) is 53.2 Å². The van der Waals surface area contributed by atoms with Crippen LogP contribution in [0.2, 0.25) is 0 Å². The Morgan fingerprint density at radius 1 is 1.03 bits per heavy atom. The third kappa shape index (κ3) is 6.31. The summed E-state index contributed by atoms with van der Waals surface area (Å²) >= 11 is 0. The molecule has 0 aliphatic carbocycles. The number of rotatable bonds is 11. The van der Waals surface area contributed by atoms with Crippen molar-refractivity contribution in [2.24, 2.45) is 0 Å². The van der Waals surface area contributed by atoms with Gasteiger partial charge in [-0.25, -0.2) is 13.1 Å². The quantitative estimate of drug-likeness (QED) is 0.278. The Morgan fingerprint density at radius 2 is 1.74 bits per heavy atom. The lowest BCUT2D eigenvalue weighted by Crippen LogP contribution is -2.13. The summed E-state index contributed by atoms with van der Waals surface area (Å²) in [6, 6.07) is 17.0. The fourth-order valence-corrected chi connectivity index (χ4v) is 5.32. The van der Waals surface area contributed by atoms with Gasteiger partial charge in [0.1, 0.15) is 5.75 Å². The van der Waals surface area contributed by atoms with Crippen LogP contribution in [0.15, 0.2) is 77.2 Å². The average Bonchev–Trinajstić information content (AvgIpc) is 3.30. The molecule has 0 amide bonds. The summed E-state index contributed by atoms with van der Waals surface area (Å²) in [5.41, 5.74) is 5.62. The van der Waals surface area contributed by atoms with E-state index in [4.69, 9.17) is 9.84 Å². The SMILES string of the molecule is C/C=C(C)\C(=C/C)n1nc(-c2ccccc2OC)cc1CCS(=O)(=O)c1ccc(CCCC)cc1. The molecule has 186 valence electrons. The van der Waals surface area contributed by atoms with Crippen molar-refractivity contribution in [3.05, 3.63) is 83.6 Å². The van der Waals surface area contributed by atoms with Crippen molar-refractivity contribution in [1.29, 1.82) is 0 Å². The second kappa shape index (κ2) is 12.0. The fourth-order valence-electron chi connectivity index (χ4n) is 4.06. The van der Waals surface area contributed by atoms with Gasteiger partial charge in [-0.3, -0.25) is 0 Å². The number of benzene rings is 2. The van der Waals surface area contributed by atoms with Crippen molar-refractivity contribution < 1.29 is 13.2 Å². The minimum Gasteiger partial charge on any atom is -0.496 e. The van der Waals surface area contributed by atoms with Crippen LogP contribution < -0.4 is 4.74 Å². The number of aromatic nitrogens is 2. The maximum absolute atomic E-state index is 13.2. The van der Waals surface area contributed by atoms with Crippen molar-refractivity contribution >= 4 is 15.5 Å². The minimum atomic E-state index is -3.44. The molecule has 0 saturated heterocycles. The van der Waals surface area contributed by atoms with Crippen LogP contribution in [0, 0.1) is 0 Å². The van der Waals surface area contributed by atoms with E-state index < -0.39 is 9.84 Å². The highest BCUT2D eigenvalue weighted by Crippen LogP contribution is 2.31. The molecule has 35 heavy (non-hydrogen) atoms. The van der Waals surface area contributed by atoms with Crippen molar-refractivity contribution in [2.75, 3.05) is 12.9 Å². The third-order valence-electron chi connectivity index (χ3n) is 6.23. The van der Waals surface area contributed by atoms with Crippen LogP contribution in [-0.2, 0) is 22.7 Å². The lowest BCUT2D eigenvalue weighted by molar-refractivity contribution is 0.416. The van der Waals surface area contributed by atoms with Gasteiger partial charge in [-0.15, -0.1) is 0 Å². The highest BCUT2D eigenvalue weighted by atomic mass is 32.2. The molecule has 0 bridgehead atoms. The highest BCUT2D eigenvalue weighted by Gasteiger charge is 2.20. The van der Waals surface area contributed by atoms with Gasteiger partial charge in [0.15, 0.2) is 9.84 Å². The molecule has 0 N–H and O–H groups in total. The van der Waals surface area contributed by atoms with Crippen LogP contribution in [-0.4, -0.2) is 31.1 Å². The van der Waals surface area contributed by atoms with Gasteiger partial charge in [0.2, 0.25) is 0 Å². The molecule has 0 radical (unpaired) electrons. The molecule has 1 heterocycles. The molecule has 1 aromatic heterocycles. The molecular weight excluding hydrogens is 456 g/mol. The lowest BCUT2D eigenvalue weighted by atomic mass is 10.1. The van der Waals surface area contributed by atoms with Crippen LogP contribution in [0.1, 0.15) is 51.8 Å². The van der Waals surface area contributed by atoms with E-state index >= 15 is 0 Å². The summed E-state index contributed by atoms with van der Waals surface area (Å²) in [6.07, 6.45) is 7.56. The fraction of sp³-hybridized carbons (Fsp3) is 0.345. The van der Waals surface area contributed by atoms with Crippen LogP contribution in [0.5, 0.6) is 5.75 Å². The molecule has 0 aliphatic heterocycles. The zero-order valence-corrected chi connectivity index (χ0v) is 22.2. The van der Waals surface area contributed by atoms with Gasteiger partial charge >= 0.3 is 0 Å². The number of allylic oxidation sites excluding steroid dienone is 4. The van der Waals surface area contributed by atoms with E-state index in [1.165, 1.54) is 5.56 Å². The number of unbranched alkanes of at least 4 members (excludes halogenated alkanes) is 1. The Kier molecular flexibility index (Phi) is 9.10. The normalized spacial score (nSPS) is 12.7. The number of para-hydroxylation sites is 1. The molecule has 0 saturated carbocycles. The molecule has 3 rings (SSSR count). The van der Waals surface area contributed by atoms with E-state index in [9.17, 15) is 8.42 Å². The molecule has 6 heteroatoms. The van der Waals surface area contributed by atoms with E-state index in [0.29, 0.717) is 11.3 Å². The van der Waals surface area contributed by atoms with Gasteiger partial charge in [0.25, 0.3) is 0 Å². The number of ether oxygens (including phenoxy) is 1. The van der Waals surface area contributed by atoms with Crippen molar-refractivity contribution in [2.45, 2.75) is 58.3 Å². The second-order valence-corrected chi connectivity index (χ2v) is 10.7. The summed E-state index contributed by atoms with van der Waals surface area (Å²) in [5, 5.41) is 4.88. The molecular formula is C29H36N2O3S. The van der Waals surface area contributed by atoms with Crippen molar-refractivity contribution in [1.82, 2.24) is 9.78 Å². The van der Waals surface area contributed by atoms with Gasteiger partial charge in [0.05, 0.1) is 29.1 Å². The largest absolute Gasteiger partial charge is 0.496 e. The van der Waals surface area contributed by atoms with E-state index in [1.54, 1.807) is 19.2 Å². The number of sulfone groups is 1. The standard InChI is InChI=1S/C29H36N2O3S/c1-6-9-12-23-15-17-25(18-16-23)35(32,33)20-19-24-21-27(26-13-10-11-14-29(26)34-5)30-31(24)28(8-3)22(4)7-2/h7-8,10-11,13-18,21H,6,9,12,19-20H2,1-5H3/b22-7-,28-8+. The topological polar surface area (TPSA) is 61.2 Å². The first-order chi connectivity index (χ1) is 16.8. The summed E-state index contributed by atoms with van der Waals surface area (Å²) in [6.45, 7) is 8.13. The first kappa shape index (κ1) is 26.5. The van der Waals surface area contributed by atoms with Crippen LogP contribution >= 0.6 is 0 Å². The van der Waals surface area contributed by atoms with Crippen molar-refractivity contribution in [3.8, 4) is 17.0 Å². The van der Waals surface area contributed by atoms with Gasteiger partial charge in [-0.2, -0.15) is 5.10 Å². The molecule has 0 aliphatic rings. The average molecular weight is 493 g/mol. The Hall–Kier alpha value is -3.12. The Bertz CT molecular complexity index is 1300. The number of aryl methyl sites for hydroxylation is 2. The zero-order chi connectivity index (χ0) is 25.4. The maximum atomic E-state index is 13.2. The van der Waals surface area contributed by atoms with E-state index in [1.807, 2.05) is 80.1 Å². The summed E-state index contributed by atoms with van der Waals surface area (Å²) in [4.78, 5) is 0.365. The van der Waals surface area contributed by atoms with Gasteiger partial charge in [0, 0.05) is 17.7 Å². The van der Waals surface area contributed by atoms with Gasteiger partial charge in [-0.05, 0) is 75.1 Å². The Morgan fingerprint density at radius 3 is 2.37 bits per heavy atom. The van der Waals surface area contributed by atoms with Crippen LogP contribution in [0.25, 0.3) is 17.0 Å². The minimum absolute atomic E-state index is 0.00421. The van der Waals surface area contributed by atoms with E-state index in [2.05, 4.69) is 6.92 Å². The number of hydrogen-bond acceptors (Lipinski definition) is 4. The summed E-state index contributed by atoms with van der Waals surface area (Å²) < 4.78 is 33.7. The predicted octanol–water partition coefficient (Wildman–Crippen LogP) is 6.74. The number of methoxy groups -OCH3 is 1. The molecule has 5 nitrogen and oxygen atoms in total. The molecule has 0 spiro atoms. The summed E-state index contributed by atoms with van der Waals surface area (Å²) in [5.74, 6) is 0.730. The molecule has 3 aromatic rings. The predicted molar refractivity (Wildman–Crippen MR) is 144 cm³/mol. The van der Waals surface area contributed by atoms with Gasteiger partial charge < -0.3 is 4.74 Å².